The van der Waals surface area contributed by atoms with E-state index in [1.165, 1.54) is 19.4 Å². The van der Waals surface area contributed by atoms with Crippen molar-refractivity contribution in [3.8, 4) is 5.75 Å². The van der Waals surface area contributed by atoms with Gasteiger partial charge in [0.25, 0.3) is 0 Å². The molecule has 64 valence electrons. The van der Waals surface area contributed by atoms with Gasteiger partial charge >= 0.3 is 0 Å². The Morgan fingerprint density at radius 3 is 2.92 bits per heavy atom. The van der Waals surface area contributed by atoms with Crippen molar-refractivity contribution in [1.29, 1.82) is 0 Å². The highest BCUT2D eigenvalue weighted by atomic mass is 19.1. The molecule has 0 saturated heterocycles. The monoisotopic (exact) mass is 168 g/mol. The van der Waals surface area contributed by atoms with E-state index in [0.29, 0.717) is 5.56 Å². The molecule has 0 amide bonds. The van der Waals surface area contributed by atoms with Gasteiger partial charge in [-0.05, 0) is 12.1 Å². The van der Waals surface area contributed by atoms with Crippen molar-refractivity contribution in [2.45, 2.75) is 0 Å². The van der Waals surface area contributed by atoms with Crippen LogP contribution in [0.25, 0.3) is 0 Å². The zero-order valence-electron chi connectivity index (χ0n) is 6.62. The fraction of sp³-hybridized carbons (Fsp3) is 0.125. The van der Waals surface area contributed by atoms with Gasteiger partial charge in [0.05, 0.1) is 13.3 Å². The van der Waals surface area contributed by atoms with Crippen LogP contribution in [-0.2, 0) is 0 Å². The Morgan fingerprint density at radius 1 is 1.58 bits per heavy atom. The van der Waals surface area contributed by atoms with Crippen LogP contribution in [0.2, 0.25) is 0 Å². The highest BCUT2D eigenvalue weighted by Crippen LogP contribution is 2.19. The minimum Gasteiger partial charge on any atom is -0.493 e. The van der Waals surface area contributed by atoms with E-state index >= 15 is 0 Å². The summed E-state index contributed by atoms with van der Waals surface area (Å²) < 4.78 is 17.8. The van der Waals surface area contributed by atoms with Crippen molar-refractivity contribution in [2.24, 2.45) is 10.9 Å². The maximum Gasteiger partial charge on any atom is 0.165 e. The fourth-order valence-electron chi connectivity index (χ4n) is 0.923. The smallest absolute Gasteiger partial charge is 0.165 e. The third-order valence-electron chi connectivity index (χ3n) is 1.42. The number of ether oxygens (including phenoxy) is 1. The highest BCUT2D eigenvalue weighted by molar-refractivity contribution is 5.83. The Balaban J connectivity index is 3.18. The standard InChI is InChI=1S/C8H9FN2O/c1-12-8-6(5-11-10)3-2-4-7(8)9/h2-5H,10H2,1H3. The molecule has 2 N–H and O–H groups in total. The van der Waals surface area contributed by atoms with Gasteiger partial charge in [-0.1, -0.05) is 6.07 Å². The van der Waals surface area contributed by atoms with Crippen LogP contribution < -0.4 is 10.6 Å². The lowest BCUT2D eigenvalue weighted by molar-refractivity contribution is 0.386. The number of para-hydroxylation sites is 1. The predicted molar refractivity (Wildman–Crippen MR) is 44.7 cm³/mol. The molecular weight excluding hydrogens is 159 g/mol. The van der Waals surface area contributed by atoms with Crippen LogP contribution in [0.1, 0.15) is 5.56 Å². The molecule has 0 aliphatic carbocycles. The zero-order chi connectivity index (χ0) is 8.97. The highest BCUT2D eigenvalue weighted by Gasteiger charge is 2.05. The van der Waals surface area contributed by atoms with Crippen LogP contribution in [-0.4, -0.2) is 13.3 Å². The molecule has 1 aromatic rings. The first kappa shape index (κ1) is 8.52. The number of rotatable bonds is 2. The number of halogens is 1. The quantitative estimate of drug-likeness (QED) is 0.408. The average molecular weight is 168 g/mol. The number of nitrogens with zero attached hydrogens (tertiary/aromatic N) is 1. The van der Waals surface area contributed by atoms with Gasteiger partial charge in [-0.15, -0.1) is 0 Å². The largest absolute Gasteiger partial charge is 0.493 e. The molecular formula is C8H9FN2O. The summed E-state index contributed by atoms with van der Waals surface area (Å²) >= 11 is 0. The molecule has 0 radical (unpaired) electrons. The Kier molecular flexibility index (Phi) is 2.63. The molecule has 0 spiro atoms. The van der Waals surface area contributed by atoms with Crippen LogP contribution in [0.4, 0.5) is 4.39 Å². The van der Waals surface area contributed by atoms with Crippen LogP contribution in [0.3, 0.4) is 0 Å². The van der Waals surface area contributed by atoms with E-state index in [4.69, 9.17) is 10.6 Å². The molecule has 0 aliphatic heterocycles. The third-order valence-corrected chi connectivity index (χ3v) is 1.42. The number of methoxy groups -OCH3 is 1. The summed E-state index contributed by atoms with van der Waals surface area (Å²) in [6.07, 6.45) is 1.34. The van der Waals surface area contributed by atoms with Gasteiger partial charge in [-0.3, -0.25) is 0 Å². The molecule has 0 atom stereocenters. The van der Waals surface area contributed by atoms with E-state index < -0.39 is 5.82 Å². The number of hydrogen-bond donors (Lipinski definition) is 1. The van der Waals surface area contributed by atoms with Crippen molar-refractivity contribution in [2.75, 3.05) is 7.11 Å². The Morgan fingerprint density at radius 2 is 2.33 bits per heavy atom. The van der Waals surface area contributed by atoms with Gasteiger partial charge in [0.2, 0.25) is 0 Å². The molecule has 4 heteroatoms. The maximum atomic E-state index is 12.9. The second-order valence-corrected chi connectivity index (χ2v) is 2.14. The van der Waals surface area contributed by atoms with Crippen molar-refractivity contribution in [1.82, 2.24) is 0 Å². The lowest BCUT2D eigenvalue weighted by atomic mass is 10.2. The van der Waals surface area contributed by atoms with E-state index in [1.807, 2.05) is 0 Å². The molecule has 3 nitrogen and oxygen atoms in total. The molecule has 1 rings (SSSR count). The average Bonchev–Trinajstić information content (AvgIpc) is 2.05. The van der Waals surface area contributed by atoms with Gasteiger partial charge in [0.1, 0.15) is 0 Å². The Labute approximate surface area is 69.6 Å². The van der Waals surface area contributed by atoms with E-state index in [2.05, 4.69) is 5.10 Å². The van der Waals surface area contributed by atoms with Crippen molar-refractivity contribution in [3.63, 3.8) is 0 Å². The first-order chi connectivity index (χ1) is 5.79. The SMILES string of the molecule is COc1c(F)cccc1C=NN. The third kappa shape index (κ3) is 1.53. The summed E-state index contributed by atoms with van der Waals surface area (Å²) in [5, 5.41) is 3.28. The summed E-state index contributed by atoms with van der Waals surface area (Å²) in [5.74, 6) is 4.66. The summed E-state index contributed by atoms with van der Waals surface area (Å²) in [6, 6.07) is 4.54. The van der Waals surface area contributed by atoms with Gasteiger partial charge in [0, 0.05) is 5.56 Å². The minimum absolute atomic E-state index is 0.159. The van der Waals surface area contributed by atoms with E-state index in [9.17, 15) is 4.39 Å². The first-order valence-electron chi connectivity index (χ1n) is 3.35. The van der Waals surface area contributed by atoms with Crippen LogP contribution >= 0.6 is 0 Å². The topological polar surface area (TPSA) is 47.6 Å². The summed E-state index contributed by atoms with van der Waals surface area (Å²) in [6.45, 7) is 0. The lowest BCUT2D eigenvalue weighted by Gasteiger charge is -2.03. The number of benzene rings is 1. The van der Waals surface area contributed by atoms with E-state index in [1.54, 1.807) is 12.1 Å². The molecule has 0 saturated carbocycles. The van der Waals surface area contributed by atoms with E-state index in [-0.39, 0.29) is 5.75 Å². The van der Waals surface area contributed by atoms with Crippen molar-refractivity contribution in [3.05, 3.63) is 29.6 Å². The van der Waals surface area contributed by atoms with Gasteiger partial charge in [-0.25, -0.2) is 4.39 Å². The first-order valence-corrected chi connectivity index (χ1v) is 3.35. The van der Waals surface area contributed by atoms with Gasteiger partial charge in [-0.2, -0.15) is 5.10 Å². The summed E-state index contributed by atoms with van der Waals surface area (Å²) in [7, 11) is 1.40. The Hall–Kier alpha value is -1.58. The normalized spacial score (nSPS) is 10.5. The van der Waals surface area contributed by atoms with Crippen LogP contribution in [0, 0.1) is 5.82 Å². The second kappa shape index (κ2) is 3.71. The molecule has 0 fully saturated rings. The molecule has 0 bridgehead atoms. The molecule has 12 heavy (non-hydrogen) atoms. The van der Waals surface area contributed by atoms with Gasteiger partial charge < -0.3 is 10.6 Å². The Bertz CT molecular complexity index is 299. The van der Waals surface area contributed by atoms with Crippen molar-refractivity contribution < 1.29 is 9.13 Å². The summed E-state index contributed by atoms with van der Waals surface area (Å²) in [5.41, 5.74) is 0.528. The molecule has 0 aromatic heterocycles. The van der Waals surface area contributed by atoms with Crippen LogP contribution in [0.5, 0.6) is 5.75 Å². The minimum atomic E-state index is -0.421. The molecule has 0 heterocycles. The molecule has 0 aliphatic rings. The van der Waals surface area contributed by atoms with Crippen molar-refractivity contribution >= 4 is 6.21 Å². The molecule has 0 unspecified atom stereocenters. The summed E-state index contributed by atoms with van der Waals surface area (Å²) in [4.78, 5) is 0. The molecule has 1 aromatic carbocycles. The number of hydrazone groups is 1. The predicted octanol–water partition coefficient (Wildman–Crippen LogP) is 1.13. The van der Waals surface area contributed by atoms with Crippen LogP contribution in [0.15, 0.2) is 23.3 Å². The second-order valence-electron chi connectivity index (χ2n) is 2.14. The number of hydrogen-bond acceptors (Lipinski definition) is 3. The zero-order valence-corrected chi connectivity index (χ0v) is 6.62. The maximum absolute atomic E-state index is 12.9. The van der Waals surface area contributed by atoms with E-state index in [0.717, 1.165) is 0 Å². The number of nitrogens with two attached hydrogens (primary N) is 1. The van der Waals surface area contributed by atoms with Gasteiger partial charge in [0.15, 0.2) is 11.6 Å². The lowest BCUT2D eigenvalue weighted by Crippen LogP contribution is -1.95. The fourth-order valence-corrected chi connectivity index (χ4v) is 0.923.